The first kappa shape index (κ1) is 18.9. The molecule has 0 atom stereocenters. The minimum atomic E-state index is -3.74. The van der Waals surface area contributed by atoms with Gasteiger partial charge < -0.3 is 5.32 Å². The van der Waals surface area contributed by atoms with Crippen molar-refractivity contribution in [2.75, 3.05) is 22.4 Å². The molecule has 0 spiro atoms. The molecule has 0 aliphatic heterocycles. The fourth-order valence-electron chi connectivity index (χ4n) is 2.72. The Labute approximate surface area is 147 Å². The van der Waals surface area contributed by atoms with Crippen LogP contribution in [0.15, 0.2) is 36.4 Å². The SMILES string of the molecule is Cc1cc(C)c(NC(=O)CN(c2cccc(F)c2)S(C)(=O)=O)c(C)c1. The zero-order valence-corrected chi connectivity index (χ0v) is 15.4. The standard InChI is InChI=1S/C18H21FN2O3S/c1-12-8-13(2)18(14(3)9-12)20-17(22)11-21(25(4,23)24)16-7-5-6-15(19)10-16/h5-10H,11H2,1-4H3,(H,20,22). The predicted molar refractivity (Wildman–Crippen MR) is 97.9 cm³/mol. The maximum absolute atomic E-state index is 13.4. The number of benzene rings is 2. The van der Waals surface area contributed by atoms with Crippen LogP contribution in [-0.2, 0) is 14.8 Å². The molecule has 2 aromatic carbocycles. The molecule has 0 saturated heterocycles. The Hall–Kier alpha value is -2.41. The van der Waals surface area contributed by atoms with Gasteiger partial charge in [0, 0.05) is 5.69 Å². The van der Waals surface area contributed by atoms with Crippen molar-refractivity contribution in [2.24, 2.45) is 0 Å². The fourth-order valence-corrected chi connectivity index (χ4v) is 3.57. The quantitative estimate of drug-likeness (QED) is 0.886. The van der Waals surface area contributed by atoms with Crippen LogP contribution in [0.4, 0.5) is 15.8 Å². The van der Waals surface area contributed by atoms with Crippen molar-refractivity contribution in [1.29, 1.82) is 0 Å². The summed E-state index contributed by atoms with van der Waals surface area (Å²) in [5.74, 6) is -1.07. The van der Waals surface area contributed by atoms with Crippen LogP contribution in [0.1, 0.15) is 16.7 Å². The molecule has 0 unspecified atom stereocenters. The highest BCUT2D eigenvalue weighted by molar-refractivity contribution is 7.92. The van der Waals surface area contributed by atoms with E-state index in [4.69, 9.17) is 0 Å². The molecule has 7 heteroatoms. The minimum Gasteiger partial charge on any atom is -0.324 e. The first-order valence-corrected chi connectivity index (χ1v) is 9.54. The Balaban J connectivity index is 2.27. The number of halogens is 1. The molecule has 1 N–H and O–H groups in total. The van der Waals surface area contributed by atoms with Crippen molar-refractivity contribution in [3.8, 4) is 0 Å². The van der Waals surface area contributed by atoms with Gasteiger partial charge in [0.15, 0.2) is 0 Å². The lowest BCUT2D eigenvalue weighted by molar-refractivity contribution is -0.114. The summed E-state index contributed by atoms with van der Waals surface area (Å²) in [7, 11) is -3.74. The van der Waals surface area contributed by atoms with E-state index in [0.29, 0.717) is 5.69 Å². The summed E-state index contributed by atoms with van der Waals surface area (Å²) in [6.07, 6.45) is 0.980. The summed E-state index contributed by atoms with van der Waals surface area (Å²) in [5, 5.41) is 2.75. The zero-order chi connectivity index (χ0) is 18.8. The number of amides is 1. The maximum Gasteiger partial charge on any atom is 0.245 e. The third-order valence-electron chi connectivity index (χ3n) is 3.73. The van der Waals surface area contributed by atoms with Gasteiger partial charge in [-0.1, -0.05) is 23.8 Å². The molecule has 0 aromatic heterocycles. The minimum absolute atomic E-state index is 0.106. The third-order valence-corrected chi connectivity index (χ3v) is 4.87. The summed E-state index contributed by atoms with van der Waals surface area (Å²) in [6, 6.07) is 9.00. The van der Waals surface area contributed by atoms with Gasteiger partial charge in [0.1, 0.15) is 12.4 Å². The lowest BCUT2D eigenvalue weighted by atomic mass is 10.1. The van der Waals surface area contributed by atoms with Gasteiger partial charge in [-0.25, -0.2) is 12.8 Å². The second kappa shape index (κ2) is 7.23. The van der Waals surface area contributed by atoms with Crippen molar-refractivity contribution < 1.29 is 17.6 Å². The van der Waals surface area contributed by atoms with Gasteiger partial charge in [0.25, 0.3) is 0 Å². The Bertz CT molecular complexity index is 887. The van der Waals surface area contributed by atoms with E-state index >= 15 is 0 Å². The van der Waals surface area contributed by atoms with Gasteiger partial charge in [-0.05, 0) is 50.1 Å². The fraction of sp³-hybridized carbons (Fsp3) is 0.278. The molecule has 0 radical (unpaired) electrons. The molecule has 134 valence electrons. The molecule has 0 fully saturated rings. The number of hydrogen-bond acceptors (Lipinski definition) is 3. The molecule has 0 aliphatic carbocycles. The molecule has 5 nitrogen and oxygen atoms in total. The first-order valence-electron chi connectivity index (χ1n) is 7.69. The van der Waals surface area contributed by atoms with E-state index in [-0.39, 0.29) is 5.69 Å². The summed E-state index contributed by atoms with van der Waals surface area (Å²) in [6.45, 7) is 5.27. The van der Waals surface area contributed by atoms with Gasteiger partial charge in [0.05, 0.1) is 11.9 Å². The van der Waals surface area contributed by atoms with Crippen LogP contribution < -0.4 is 9.62 Å². The topological polar surface area (TPSA) is 66.5 Å². The normalized spacial score (nSPS) is 11.2. The molecule has 0 bridgehead atoms. The average molecular weight is 364 g/mol. The highest BCUT2D eigenvalue weighted by atomic mass is 32.2. The van der Waals surface area contributed by atoms with Crippen molar-refractivity contribution in [2.45, 2.75) is 20.8 Å². The van der Waals surface area contributed by atoms with Gasteiger partial charge >= 0.3 is 0 Å². The smallest absolute Gasteiger partial charge is 0.245 e. The zero-order valence-electron chi connectivity index (χ0n) is 14.6. The lowest BCUT2D eigenvalue weighted by Crippen LogP contribution is -2.37. The van der Waals surface area contributed by atoms with Crippen molar-refractivity contribution in [3.05, 3.63) is 58.9 Å². The molecular formula is C18H21FN2O3S. The Morgan fingerprint density at radius 2 is 1.72 bits per heavy atom. The van der Waals surface area contributed by atoms with Crippen LogP contribution in [0.5, 0.6) is 0 Å². The monoisotopic (exact) mass is 364 g/mol. The van der Waals surface area contributed by atoms with Crippen molar-refractivity contribution in [1.82, 2.24) is 0 Å². The van der Waals surface area contributed by atoms with E-state index in [9.17, 15) is 17.6 Å². The number of hydrogen-bond donors (Lipinski definition) is 1. The highest BCUT2D eigenvalue weighted by Crippen LogP contribution is 2.23. The van der Waals surface area contributed by atoms with Crippen LogP contribution in [-0.4, -0.2) is 27.1 Å². The molecule has 2 aromatic rings. The van der Waals surface area contributed by atoms with E-state index in [1.165, 1.54) is 18.2 Å². The van der Waals surface area contributed by atoms with Crippen LogP contribution in [0.25, 0.3) is 0 Å². The Kier molecular flexibility index (Phi) is 5.47. The second-order valence-electron chi connectivity index (χ2n) is 6.07. The summed E-state index contributed by atoms with van der Waals surface area (Å²) < 4.78 is 38.4. The average Bonchev–Trinajstić information content (AvgIpc) is 2.47. The number of rotatable bonds is 5. The van der Waals surface area contributed by atoms with Gasteiger partial charge in [-0.15, -0.1) is 0 Å². The van der Waals surface area contributed by atoms with E-state index in [0.717, 1.165) is 33.3 Å². The van der Waals surface area contributed by atoms with Crippen LogP contribution in [0.3, 0.4) is 0 Å². The number of anilines is 2. The maximum atomic E-state index is 13.4. The molecule has 0 aliphatic rings. The van der Waals surface area contributed by atoms with E-state index in [1.54, 1.807) is 0 Å². The number of carbonyl (C=O) groups is 1. The van der Waals surface area contributed by atoms with E-state index in [2.05, 4.69) is 5.32 Å². The molecule has 0 saturated carbocycles. The largest absolute Gasteiger partial charge is 0.324 e. The van der Waals surface area contributed by atoms with E-state index < -0.39 is 28.3 Å². The second-order valence-corrected chi connectivity index (χ2v) is 7.98. The molecule has 25 heavy (non-hydrogen) atoms. The lowest BCUT2D eigenvalue weighted by Gasteiger charge is -2.22. The Morgan fingerprint density at radius 3 is 2.24 bits per heavy atom. The van der Waals surface area contributed by atoms with Crippen LogP contribution in [0, 0.1) is 26.6 Å². The van der Waals surface area contributed by atoms with Gasteiger partial charge in [0.2, 0.25) is 15.9 Å². The number of nitrogens with one attached hydrogen (secondary N) is 1. The predicted octanol–water partition coefficient (Wildman–Crippen LogP) is 3.16. The Morgan fingerprint density at radius 1 is 1.12 bits per heavy atom. The number of sulfonamides is 1. The first-order chi connectivity index (χ1) is 11.6. The molecule has 0 heterocycles. The van der Waals surface area contributed by atoms with E-state index in [1.807, 2.05) is 32.9 Å². The van der Waals surface area contributed by atoms with Gasteiger partial charge in [-0.3, -0.25) is 9.10 Å². The molecule has 1 amide bonds. The number of aryl methyl sites for hydroxylation is 3. The third kappa shape index (κ3) is 4.79. The summed E-state index contributed by atoms with van der Waals surface area (Å²) in [5.41, 5.74) is 3.62. The van der Waals surface area contributed by atoms with Gasteiger partial charge in [-0.2, -0.15) is 0 Å². The van der Waals surface area contributed by atoms with Crippen LogP contribution >= 0.6 is 0 Å². The number of nitrogens with zero attached hydrogens (tertiary/aromatic N) is 1. The number of carbonyl (C=O) groups excluding carboxylic acids is 1. The summed E-state index contributed by atoms with van der Waals surface area (Å²) >= 11 is 0. The highest BCUT2D eigenvalue weighted by Gasteiger charge is 2.22. The van der Waals surface area contributed by atoms with Crippen molar-refractivity contribution >= 4 is 27.3 Å². The molecule has 2 rings (SSSR count). The summed E-state index contributed by atoms with van der Waals surface area (Å²) in [4.78, 5) is 12.4. The molecular weight excluding hydrogens is 343 g/mol. The van der Waals surface area contributed by atoms with Crippen molar-refractivity contribution in [3.63, 3.8) is 0 Å². The van der Waals surface area contributed by atoms with Crippen LogP contribution in [0.2, 0.25) is 0 Å².